The second-order valence-corrected chi connectivity index (χ2v) is 8.52. The van der Waals surface area contributed by atoms with Gasteiger partial charge in [-0.05, 0) is 37.1 Å². The lowest BCUT2D eigenvalue weighted by atomic mass is 10.0. The van der Waals surface area contributed by atoms with E-state index in [1.807, 2.05) is 32.0 Å². The average molecular weight is 443 g/mol. The van der Waals surface area contributed by atoms with Crippen molar-refractivity contribution >= 4 is 23.2 Å². The van der Waals surface area contributed by atoms with E-state index in [1.54, 1.807) is 10.7 Å². The minimum absolute atomic E-state index is 0.124. The zero-order valence-electron chi connectivity index (χ0n) is 18.1. The zero-order chi connectivity index (χ0) is 21.8. The number of amides is 1. The summed E-state index contributed by atoms with van der Waals surface area (Å²) in [6.07, 6.45) is 3.27. The van der Waals surface area contributed by atoms with Crippen molar-refractivity contribution < 1.29 is 14.4 Å². The number of fused-ring (bicyclic) bond motifs is 1. The van der Waals surface area contributed by atoms with Gasteiger partial charge in [0.05, 0.1) is 26.0 Å². The van der Waals surface area contributed by atoms with Gasteiger partial charge in [0.15, 0.2) is 5.65 Å². The van der Waals surface area contributed by atoms with Crippen LogP contribution < -0.4 is 10.2 Å². The van der Waals surface area contributed by atoms with Gasteiger partial charge < -0.3 is 15.0 Å². The maximum atomic E-state index is 12.8. The van der Waals surface area contributed by atoms with Crippen LogP contribution in [-0.4, -0.2) is 59.9 Å². The molecular formula is C23H29ClN5O2+. The van der Waals surface area contributed by atoms with Crippen molar-refractivity contribution in [3.8, 4) is 0 Å². The molecule has 0 bridgehead atoms. The third kappa shape index (κ3) is 5.06. The third-order valence-corrected chi connectivity index (χ3v) is 6.15. The summed E-state index contributed by atoms with van der Waals surface area (Å²) >= 11 is 6.14. The predicted molar refractivity (Wildman–Crippen MR) is 120 cm³/mol. The number of rotatable bonds is 7. The molecule has 2 aromatic heterocycles. The lowest BCUT2D eigenvalue weighted by Gasteiger charge is -2.23. The monoisotopic (exact) mass is 442 g/mol. The molecule has 0 aliphatic carbocycles. The Balaban J connectivity index is 1.45. The smallest absolute Gasteiger partial charge is 0.256 e. The molecule has 1 aliphatic rings. The number of nitrogens with zero attached hydrogens (tertiary/aromatic N) is 3. The van der Waals surface area contributed by atoms with Crippen molar-refractivity contribution in [1.82, 2.24) is 19.9 Å². The number of aromatic nitrogens is 3. The Kier molecular flexibility index (Phi) is 6.85. The number of carbonyl (C=O) groups is 1. The molecule has 0 atom stereocenters. The molecule has 1 aromatic carbocycles. The van der Waals surface area contributed by atoms with Gasteiger partial charge in [-0.15, -0.1) is 0 Å². The van der Waals surface area contributed by atoms with Crippen molar-refractivity contribution in [2.24, 2.45) is 0 Å². The lowest BCUT2D eigenvalue weighted by Crippen LogP contribution is -3.14. The van der Waals surface area contributed by atoms with Gasteiger partial charge in [0.25, 0.3) is 5.91 Å². The summed E-state index contributed by atoms with van der Waals surface area (Å²) in [6, 6.07) is 7.83. The first kappa shape index (κ1) is 21.7. The highest BCUT2D eigenvalue weighted by Crippen LogP contribution is 2.21. The molecule has 1 amide bonds. The summed E-state index contributed by atoms with van der Waals surface area (Å²) in [4.78, 5) is 19.0. The number of benzene rings is 1. The van der Waals surface area contributed by atoms with Gasteiger partial charge in [-0.3, -0.25) is 4.79 Å². The van der Waals surface area contributed by atoms with Gasteiger partial charge in [-0.2, -0.15) is 5.10 Å². The zero-order valence-corrected chi connectivity index (χ0v) is 18.8. The van der Waals surface area contributed by atoms with Crippen LogP contribution in [0.4, 0.5) is 0 Å². The summed E-state index contributed by atoms with van der Waals surface area (Å²) in [7, 11) is 0. The Morgan fingerprint density at radius 1 is 1.29 bits per heavy atom. The molecule has 8 heteroatoms. The van der Waals surface area contributed by atoms with Crippen LogP contribution in [0.25, 0.3) is 5.65 Å². The van der Waals surface area contributed by atoms with Crippen LogP contribution in [0.1, 0.15) is 39.3 Å². The minimum atomic E-state index is -0.124. The normalized spacial score (nSPS) is 14.8. The average Bonchev–Trinajstić information content (AvgIpc) is 3.19. The highest BCUT2D eigenvalue weighted by molar-refractivity contribution is 6.30. The fourth-order valence-electron chi connectivity index (χ4n) is 4.12. The van der Waals surface area contributed by atoms with Crippen LogP contribution in [0, 0.1) is 13.8 Å². The minimum Gasteiger partial charge on any atom is -0.370 e. The summed E-state index contributed by atoms with van der Waals surface area (Å²) in [5.74, 6) is -0.124. The van der Waals surface area contributed by atoms with E-state index >= 15 is 0 Å². The molecule has 2 N–H and O–H groups in total. The second kappa shape index (κ2) is 9.77. The Hall–Kier alpha value is -2.48. The first-order valence-electron chi connectivity index (χ1n) is 10.8. The van der Waals surface area contributed by atoms with E-state index in [1.165, 1.54) is 4.90 Å². The van der Waals surface area contributed by atoms with E-state index in [9.17, 15) is 4.79 Å². The summed E-state index contributed by atoms with van der Waals surface area (Å²) < 4.78 is 7.15. The van der Waals surface area contributed by atoms with Gasteiger partial charge in [0, 0.05) is 35.8 Å². The van der Waals surface area contributed by atoms with Crippen molar-refractivity contribution in [3.05, 3.63) is 63.6 Å². The molecule has 7 nitrogen and oxygen atoms in total. The Bertz CT molecular complexity index is 1080. The van der Waals surface area contributed by atoms with Crippen LogP contribution in [0.3, 0.4) is 0 Å². The first-order chi connectivity index (χ1) is 15.0. The number of nitrogens with one attached hydrogen (secondary N) is 2. The number of aryl methyl sites for hydroxylation is 2. The van der Waals surface area contributed by atoms with Gasteiger partial charge in [-0.25, -0.2) is 9.50 Å². The fraction of sp³-hybridized carbons (Fsp3) is 0.435. The van der Waals surface area contributed by atoms with Gasteiger partial charge in [0.1, 0.15) is 18.7 Å². The number of carbonyl (C=O) groups excluding carboxylic acids is 1. The van der Waals surface area contributed by atoms with Crippen molar-refractivity contribution in [2.75, 3.05) is 39.4 Å². The van der Waals surface area contributed by atoms with Gasteiger partial charge in [0.2, 0.25) is 0 Å². The summed E-state index contributed by atoms with van der Waals surface area (Å²) in [5, 5.41) is 8.19. The van der Waals surface area contributed by atoms with Crippen molar-refractivity contribution in [1.29, 1.82) is 0 Å². The fourth-order valence-corrected chi connectivity index (χ4v) is 4.34. The number of hydrogen-bond acceptors (Lipinski definition) is 4. The molecule has 3 heterocycles. The maximum Gasteiger partial charge on any atom is 0.256 e. The molecule has 0 spiro atoms. The van der Waals surface area contributed by atoms with E-state index < -0.39 is 0 Å². The maximum absolute atomic E-state index is 12.8. The third-order valence-electron chi connectivity index (χ3n) is 5.92. The molecule has 1 aliphatic heterocycles. The summed E-state index contributed by atoms with van der Waals surface area (Å²) in [5.41, 5.74) is 5.21. The van der Waals surface area contributed by atoms with Crippen LogP contribution in [0.2, 0.25) is 5.02 Å². The number of ether oxygens (including phenoxy) is 1. The number of halogens is 1. The number of quaternary nitrogens is 1. The topological polar surface area (TPSA) is 73.0 Å². The van der Waals surface area contributed by atoms with E-state index in [-0.39, 0.29) is 5.91 Å². The van der Waals surface area contributed by atoms with Crippen LogP contribution in [0.5, 0.6) is 0 Å². The quantitative estimate of drug-likeness (QED) is 0.545. The van der Waals surface area contributed by atoms with Crippen LogP contribution >= 0.6 is 11.6 Å². The SMILES string of the molecule is Cc1nc2c(C(=O)NCCC[NH+]3CCOCC3)cnn2c(C)c1Cc1cccc(Cl)c1. The molecule has 31 heavy (non-hydrogen) atoms. The first-order valence-corrected chi connectivity index (χ1v) is 11.2. The van der Waals surface area contributed by atoms with E-state index in [0.717, 1.165) is 66.8 Å². The molecule has 1 fully saturated rings. The predicted octanol–water partition coefficient (Wildman–Crippen LogP) is 1.63. The Labute approximate surface area is 187 Å². The van der Waals surface area contributed by atoms with Gasteiger partial charge >= 0.3 is 0 Å². The summed E-state index contributed by atoms with van der Waals surface area (Å²) in [6.45, 7) is 9.42. The number of morpholine rings is 1. The Morgan fingerprint density at radius 3 is 2.87 bits per heavy atom. The highest BCUT2D eigenvalue weighted by atomic mass is 35.5. The molecule has 0 saturated carbocycles. The number of hydrogen-bond donors (Lipinski definition) is 2. The van der Waals surface area contributed by atoms with Crippen molar-refractivity contribution in [3.63, 3.8) is 0 Å². The molecule has 3 aromatic rings. The van der Waals surface area contributed by atoms with E-state index in [4.69, 9.17) is 21.3 Å². The van der Waals surface area contributed by atoms with Crippen LogP contribution in [-0.2, 0) is 11.2 Å². The molecule has 164 valence electrons. The Morgan fingerprint density at radius 2 is 2.10 bits per heavy atom. The molecule has 4 rings (SSSR count). The lowest BCUT2D eigenvalue weighted by molar-refractivity contribution is -0.908. The second-order valence-electron chi connectivity index (χ2n) is 8.08. The molecule has 0 radical (unpaired) electrons. The van der Waals surface area contributed by atoms with E-state index in [2.05, 4.69) is 16.5 Å². The standard InChI is InChI=1S/C23H28ClN5O2/c1-16-20(14-18-5-3-6-19(24)13-18)17(2)29-22(27-16)21(15-26-29)23(30)25-7-4-8-28-9-11-31-12-10-28/h3,5-6,13,15H,4,7-12,14H2,1-2H3,(H,25,30)/p+1. The van der Waals surface area contributed by atoms with Gasteiger partial charge in [-0.1, -0.05) is 23.7 Å². The molecule has 0 unspecified atom stereocenters. The molecule has 1 saturated heterocycles. The highest BCUT2D eigenvalue weighted by Gasteiger charge is 2.19. The van der Waals surface area contributed by atoms with E-state index in [0.29, 0.717) is 24.2 Å². The molecular weight excluding hydrogens is 414 g/mol. The largest absolute Gasteiger partial charge is 0.370 e. The van der Waals surface area contributed by atoms with Crippen LogP contribution in [0.15, 0.2) is 30.5 Å². The van der Waals surface area contributed by atoms with Crippen molar-refractivity contribution in [2.45, 2.75) is 26.7 Å².